The van der Waals surface area contributed by atoms with Gasteiger partial charge in [-0.05, 0) is 37.8 Å². The molecule has 1 atom stereocenters. The van der Waals surface area contributed by atoms with Crippen molar-refractivity contribution >= 4 is 37.2 Å². The van der Waals surface area contributed by atoms with Gasteiger partial charge in [-0.2, -0.15) is 0 Å². The van der Waals surface area contributed by atoms with Crippen molar-refractivity contribution in [3.63, 3.8) is 0 Å². The van der Waals surface area contributed by atoms with E-state index in [0.717, 1.165) is 25.3 Å². The predicted molar refractivity (Wildman–Crippen MR) is 78.7 cm³/mol. The van der Waals surface area contributed by atoms with E-state index in [9.17, 15) is 17.6 Å². The number of rotatable bonds is 4. The Bertz CT molecular complexity index is 674. The highest BCUT2D eigenvalue weighted by molar-refractivity contribution is 8.13. The van der Waals surface area contributed by atoms with Crippen LogP contribution in [0.2, 0.25) is 5.02 Å². The lowest BCUT2D eigenvalue weighted by Gasteiger charge is -2.32. The normalized spacial score (nSPS) is 17.1. The largest absolute Gasteiger partial charge is 0.349 e. The fourth-order valence-corrected chi connectivity index (χ4v) is 3.18. The number of hydrogen-bond donors (Lipinski definition) is 1. The van der Waals surface area contributed by atoms with Crippen LogP contribution < -0.4 is 5.32 Å². The van der Waals surface area contributed by atoms with E-state index >= 15 is 0 Å². The first-order valence-electron chi connectivity index (χ1n) is 6.44. The molecule has 21 heavy (non-hydrogen) atoms. The Morgan fingerprint density at radius 2 is 2.05 bits per heavy atom. The average Bonchev–Trinajstić information content (AvgIpc) is 2.28. The molecule has 1 amide bonds. The van der Waals surface area contributed by atoms with Gasteiger partial charge in [-0.3, -0.25) is 4.79 Å². The average molecular weight is 354 g/mol. The van der Waals surface area contributed by atoms with Crippen LogP contribution in [-0.4, -0.2) is 20.4 Å². The second-order valence-corrected chi connectivity index (χ2v) is 8.10. The maximum absolute atomic E-state index is 13.7. The van der Waals surface area contributed by atoms with Crippen molar-refractivity contribution in [3.05, 3.63) is 28.5 Å². The quantitative estimate of drug-likeness (QED) is 0.844. The van der Waals surface area contributed by atoms with Crippen LogP contribution >= 0.6 is 22.3 Å². The molecule has 1 aromatic rings. The van der Waals surface area contributed by atoms with Crippen LogP contribution in [0.25, 0.3) is 0 Å². The zero-order valence-electron chi connectivity index (χ0n) is 11.2. The molecule has 0 aliphatic heterocycles. The van der Waals surface area contributed by atoms with Crippen LogP contribution in [0.15, 0.2) is 17.0 Å². The Labute approximate surface area is 132 Å². The van der Waals surface area contributed by atoms with Crippen molar-refractivity contribution < 1.29 is 17.6 Å². The molecule has 0 bridgehead atoms. The van der Waals surface area contributed by atoms with E-state index in [1.165, 1.54) is 0 Å². The Morgan fingerprint density at radius 1 is 1.43 bits per heavy atom. The molecular weight excluding hydrogens is 340 g/mol. The molecule has 1 aliphatic carbocycles. The molecule has 0 radical (unpaired) electrons. The number of nitrogens with one attached hydrogen (secondary N) is 1. The molecule has 116 valence electrons. The topological polar surface area (TPSA) is 63.2 Å². The SMILES string of the molecule is CC(NC(=O)c1cc(S(=O)(=O)Cl)cc(F)c1Cl)C1CCC1. The molecule has 1 aliphatic rings. The summed E-state index contributed by atoms with van der Waals surface area (Å²) in [4.78, 5) is 11.7. The predicted octanol–water partition coefficient (Wildman–Crippen LogP) is 3.33. The Hall–Kier alpha value is -0.850. The fraction of sp³-hybridized carbons (Fsp3) is 0.462. The van der Waals surface area contributed by atoms with Crippen LogP contribution in [0.1, 0.15) is 36.5 Å². The van der Waals surface area contributed by atoms with Crippen molar-refractivity contribution in [1.82, 2.24) is 5.32 Å². The van der Waals surface area contributed by atoms with E-state index in [4.69, 9.17) is 22.3 Å². The lowest BCUT2D eigenvalue weighted by atomic mass is 9.80. The van der Waals surface area contributed by atoms with E-state index < -0.39 is 30.7 Å². The summed E-state index contributed by atoms with van der Waals surface area (Å²) in [5.41, 5.74) is -0.234. The molecule has 1 N–H and O–H groups in total. The number of benzene rings is 1. The van der Waals surface area contributed by atoms with E-state index in [0.29, 0.717) is 12.0 Å². The molecule has 2 rings (SSSR count). The Morgan fingerprint density at radius 3 is 2.52 bits per heavy atom. The van der Waals surface area contributed by atoms with Crippen molar-refractivity contribution in [2.24, 2.45) is 5.92 Å². The summed E-state index contributed by atoms with van der Waals surface area (Å²) in [6.07, 6.45) is 3.18. The molecule has 1 saturated carbocycles. The smallest absolute Gasteiger partial charge is 0.261 e. The first-order valence-corrected chi connectivity index (χ1v) is 9.13. The lowest BCUT2D eigenvalue weighted by molar-refractivity contribution is 0.0908. The first-order chi connectivity index (χ1) is 9.70. The van der Waals surface area contributed by atoms with Gasteiger partial charge in [-0.25, -0.2) is 12.8 Å². The molecule has 0 aromatic heterocycles. The summed E-state index contributed by atoms with van der Waals surface area (Å²) >= 11 is 5.75. The maximum atomic E-state index is 13.7. The third kappa shape index (κ3) is 3.67. The summed E-state index contributed by atoms with van der Waals surface area (Å²) in [6, 6.07) is 1.59. The van der Waals surface area contributed by atoms with Gasteiger partial charge in [0.2, 0.25) is 0 Å². The molecule has 1 aromatic carbocycles. The standard InChI is InChI=1S/C13H14Cl2FNO3S/c1-7(8-3-2-4-8)17-13(18)10-5-9(21(15,19)20)6-11(16)12(10)14/h5-8H,2-4H2,1H3,(H,17,18). The van der Waals surface area contributed by atoms with Gasteiger partial charge < -0.3 is 5.32 Å². The molecular formula is C13H14Cl2FNO3S. The second kappa shape index (κ2) is 6.10. The van der Waals surface area contributed by atoms with Gasteiger partial charge in [0.15, 0.2) is 0 Å². The van der Waals surface area contributed by atoms with Crippen molar-refractivity contribution in [1.29, 1.82) is 0 Å². The summed E-state index contributed by atoms with van der Waals surface area (Å²) in [5, 5.41) is 2.30. The molecule has 0 saturated heterocycles. The maximum Gasteiger partial charge on any atom is 0.261 e. The summed E-state index contributed by atoms with van der Waals surface area (Å²) in [6.45, 7) is 1.86. The van der Waals surface area contributed by atoms with Crippen LogP contribution in [0, 0.1) is 11.7 Å². The molecule has 0 heterocycles. The zero-order chi connectivity index (χ0) is 15.8. The minimum atomic E-state index is -4.14. The van der Waals surface area contributed by atoms with Crippen molar-refractivity contribution in [3.8, 4) is 0 Å². The van der Waals surface area contributed by atoms with Gasteiger partial charge in [-0.1, -0.05) is 18.0 Å². The van der Waals surface area contributed by atoms with Gasteiger partial charge in [0, 0.05) is 16.7 Å². The molecule has 8 heteroatoms. The third-order valence-electron chi connectivity index (χ3n) is 3.74. The number of amides is 1. The Balaban J connectivity index is 2.29. The fourth-order valence-electron chi connectivity index (χ4n) is 2.21. The molecule has 1 unspecified atom stereocenters. The minimum Gasteiger partial charge on any atom is -0.349 e. The van der Waals surface area contributed by atoms with Crippen LogP contribution in [-0.2, 0) is 9.05 Å². The van der Waals surface area contributed by atoms with Crippen molar-refractivity contribution in [2.45, 2.75) is 37.1 Å². The number of hydrogen-bond acceptors (Lipinski definition) is 3. The van der Waals surface area contributed by atoms with Crippen LogP contribution in [0.4, 0.5) is 4.39 Å². The van der Waals surface area contributed by atoms with E-state index in [1.54, 1.807) is 0 Å². The van der Waals surface area contributed by atoms with Gasteiger partial charge >= 0.3 is 0 Å². The number of halogens is 3. The van der Waals surface area contributed by atoms with E-state index in [2.05, 4.69) is 5.32 Å². The van der Waals surface area contributed by atoms with Gasteiger partial charge in [-0.15, -0.1) is 0 Å². The summed E-state index contributed by atoms with van der Waals surface area (Å²) in [5.74, 6) is -1.22. The number of carbonyl (C=O) groups excluding carboxylic acids is 1. The highest BCUT2D eigenvalue weighted by Crippen LogP contribution is 2.30. The number of carbonyl (C=O) groups is 1. The zero-order valence-corrected chi connectivity index (χ0v) is 13.5. The van der Waals surface area contributed by atoms with Crippen LogP contribution in [0.3, 0.4) is 0 Å². The van der Waals surface area contributed by atoms with Gasteiger partial charge in [0.05, 0.1) is 15.5 Å². The molecule has 1 fully saturated rings. The second-order valence-electron chi connectivity index (χ2n) is 5.16. The third-order valence-corrected chi connectivity index (χ3v) is 5.46. The minimum absolute atomic E-state index is 0.0818. The first kappa shape index (κ1) is 16.5. The van der Waals surface area contributed by atoms with Crippen LogP contribution in [0.5, 0.6) is 0 Å². The monoisotopic (exact) mass is 353 g/mol. The highest BCUT2D eigenvalue weighted by atomic mass is 35.7. The van der Waals surface area contributed by atoms with E-state index in [1.807, 2.05) is 6.92 Å². The summed E-state index contributed by atoms with van der Waals surface area (Å²) < 4.78 is 36.2. The van der Waals surface area contributed by atoms with Gasteiger partial charge in [0.1, 0.15) is 5.82 Å². The molecule has 0 spiro atoms. The van der Waals surface area contributed by atoms with Gasteiger partial charge in [0.25, 0.3) is 15.0 Å². The van der Waals surface area contributed by atoms with E-state index in [-0.39, 0.29) is 11.6 Å². The molecule has 4 nitrogen and oxygen atoms in total. The highest BCUT2D eigenvalue weighted by Gasteiger charge is 2.27. The van der Waals surface area contributed by atoms with Crippen molar-refractivity contribution in [2.75, 3.05) is 0 Å². The summed E-state index contributed by atoms with van der Waals surface area (Å²) in [7, 11) is 1.04. The Kier molecular flexibility index (Phi) is 4.80. The lowest BCUT2D eigenvalue weighted by Crippen LogP contribution is -2.40.